The van der Waals surface area contributed by atoms with Crippen LogP contribution in [-0.4, -0.2) is 11.9 Å². The molecule has 0 atom stereocenters. The molecule has 0 radical (unpaired) electrons. The van der Waals surface area contributed by atoms with Gasteiger partial charge < -0.3 is 4.74 Å². The van der Waals surface area contributed by atoms with Gasteiger partial charge in [-0.2, -0.15) is 0 Å². The van der Waals surface area contributed by atoms with Crippen molar-refractivity contribution in [1.29, 1.82) is 0 Å². The normalized spacial score (nSPS) is 14.5. The van der Waals surface area contributed by atoms with Gasteiger partial charge in [-0.3, -0.25) is 4.79 Å². The first-order valence-corrected chi connectivity index (χ1v) is 7.74. The molecule has 4 heteroatoms. The Morgan fingerprint density at radius 3 is 2.50 bits per heavy atom. The van der Waals surface area contributed by atoms with Gasteiger partial charge in [0.1, 0.15) is 5.75 Å². The van der Waals surface area contributed by atoms with E-state index in [0.29, 0.717) is 11.7 Å². The van der Waals surface area contributed by atoms with Crippen molar-refractivity contribution < 1.29 is 9.53 Å². The molecule has 1 aliphatic rings. The predicted octanol–water partition coefficient (Wildman–Crippen LogP) is 4.12. The Morgan fingerprint density at radius 2 is 1.94 bits per heavy atom. The highest BCUT2D eigenvalue weighted by molar-refractivity contribution is 14.1. The van der Waals surface area contributed by atoms with Crippen LogP contribution < -0.4 is 4.74 Å². The molecule has 0 saturated heterocycles. The smallest absolute Gasteiger partial charge is 0.193 e. The molecule has 1 aromatic carbocycles. The SMILES string of the molecule is O=C(c1ccc(OC2CC2)cc1)c1csc(I)c1. The second-order valence-corrected chi connectivity index (χ2v) is 7.12. The number of carbonyl (C=O) groups excluding carboxylic acids is 1. The summed E-state index contributed by atoms with van der Waals surface area (Å²) in [7, 11) is 0. The minimum Gasteiger partial charge on any atom is -0.490 e. The first kappa shape index (κ1) is 12.2. The van der Waals surface area contributed by atoms with Crippen LogP contribution in [0.2, 0.25) is 0 Å². The van der Waals surface area contributed by atoms with Crippen LogP contribution in [0.4, 0.5) is 0 Å². The van der Waals surface area contributed by atoms with E-state index in [2.05, 4.69) is 22.6 Å². The molecule has 2 nitrogen and oxygen atoms in total. The maximum atomic E-state index is 12.2. The molecule has 1 saturated carbocycles. The van der Waals surface area contributed by atoms with E-state index in [1.807, 2.05) is 35.7 Å². The van der Waals surface area contributed by atoms with Crippen molar-refractivity contribution in [3.05, 3.63) is 49.7 Å². The Morgan fingerprint density at radius 1 is 1.22 bits per heavy atom. The molecular formula is C14H11IO2S. The summed E-state index contributed by atoms with van der Waals surface area (Å²) in [5.41, 5.74) is 1.48. The molecule has 1 aliphatic carbocycles. The van der Waals surface area contributed by atoms with Crippen LogP contribution in [0.25, 0.3) is 0 Å². The quantitative estimate of drug-likeness (QED) is 0.598. The van der Waals surface area contributed by atoms with Gasteiger partial charge in [-0.15, -0.1) is 11.3 Å². The molecule has 1 heterocycles. The van der Waals surface area contributed by atoms with E-state index in [1.165, 1.54) is 0 Å². The van der Waals surface area contributed by atoms with Gasteiger partial charge >= 0.3 is 0 Å². The lowest BCUT2D eigenvalue weighted by molar-refractivity contribution is 0.103. The molecule has 92 valence electrons. The van der Waals surface area contributed by atoms with E-state index in [9.17, 15) is 4.79 Å². The first-order valence-electron chi connectivity index (χ1n) is 5.78. The number of ether oxygens (including phenoxy) is 1. The number of ketones is 1. The number of rotatable bonds is 4. The fraction of sp³-hybridized carbons (Fsp3) is 0.214. The minimum absolute atomic E-state index is 0.0761. The van der Waals surface area contributed by atoms with Gasteiger partial charge in [0.25, 0.3) is 0 Å². The average molecular weight is 370 g/mol. The summed E-state index contributed by atoms with van der Waals surface area (Å²) >= 11 is 3.81. The van der Waals surface area contributed by atoms with E-state index in [0.717, 1.165) is 27.0 Å². The Hall–Kier alpha value is -0.880. The lowest BCUT2D eigenvalue weighted by Crippen LogP contribution is -2.00. The van der Waals surface area contributed by atoms with Gasteiger partial charge in [0.15, 0.2) is 5.78 Å². The molecule has 0 unspecified atom stereocenters. The lowest BCUT2D eigenvalue weighted by Gasteiger charge is -2.04. The molecule has 0 bridgehead atoms. The Kier molecular flexibility index (Phi) is 3.39. The molecule has 1 fully saturated rings. The highest BCUT2D eigenvalue weighted by Crippen LogP contribution is 2.27. The number of halogens is 1. The van der Waals surface area contributed by atoms with Gasteiger partial charge in [0, 0.05) is 16.5 Å². The van der Waals surface area contributed by atoms with Crippen molar-refractivity contribution in [1.82, 2.24) is 0 Å². The number of carbonyl (C=O) groups is 1. The third-order valence-electron chi connectivity index (χ3n) is 2.77. The van der Waals surface area contributed by atoms with Crippen molar-refractivity contribution in [2.24, 2.45) is 0 Å². The molecule has 1 aromatic heterocycles. The van der Waals surface area contributed by atoms with E-state index < -0.39 is 0 Å². The maximum absolute atomic E-state index is 12.2. The molecule has 2 aromatic rings. The van der Waals surface area contributed by atoms with Crippen LogP contribution in [0.5, 0.6) is 5.75 Å². The van der Waals surface area contributed by atoms with Crippen molar-refractivity contribution >= 4 is 39.7 Å². The van der Waals surface area contributed by atoms with Crippen molar-refractivity contribution in [2.45, 2.75) is 18.9 Å². The second-order valence-electron chi connectivity index (χ2n) is 4.31. The molecule has 18 heavy (non-hydrogen) atoms. The molecular weight excluding hydrogens is 359 g/mol. The standard InChI is InChI=1S/C14H11IO2S/c15-13-7-10(8-18-13)14(16)9-1-3-11(4-2-9)17-12-5-6-12/h1-4,7-8,12H,5-6H2. The maximum Gasteiger partial charge on any atom is 0.193 e. The van der Waals surface area contributed by atoms with Crippen LogP contribution in [0.3, 0.4) is 0 Å². The Balaban J connectivity index is 1.77. The van der Waals surface area contributed by atoms with E-state index >= 15 is 0 Å². The first-order chi connectivity index (χ1) is 8.72. The Labute approximate surface area is 123 Å². The van der Waals surface area contributed by atoms with E-state index in [1.54, 1.807) is 11.3 Å². The van der Waals surface area contributed by atoms with Crippen molar-refractivity contribution in [3.63, 3.8) is 0 Å². The highest BCUT2D eigenvalue weighted by Gasteiger charge is 2.23. The van der Waals surface area contributed by atoms with Crippen LogP contribution in [0.1, 0.15) is 28.8 Å². The van der Waals surface area contributed by atoms with Gasteiger partial charge in [0.2, 0.25) is 0 Å². The van der Waals surface area contributed by atoms with Gasteiger partial charge in [0.05, 0.1) is 8.99 Å². The fourth-order valence-corrected chi connectivity index (χ4v) is 2.99. The molecule has 0 spiro atoms. The highest BCUT2D eigenvalue weighted by atomic mass is 127. The summed E-state index contributed by atoms with van der Waals surface area (Å²) in [6.45, 7) is 0. The third-order valence-corrected chi connectivity index (χ3v) is 4.56. The minimum atomic E-state index is 0.0761. The third kappa shape index (κ3) is 2.75. The molecule has 3 rings (SSSR count). The van der Waals surface area contributed by atoms with Crippen molar-refractivity contribution in [3.8, 4) is 5.75 Å². The predicted molar refractivity (Wildman–Crippen MR) is 80.6 cm³/mol. The largest absolute Gasteiger partial charge is 0.490 e. The monoisotopic (exact) mass is 370 g/mol. The van der Waals surface area contributed by atoms with E-state index in [4.69, 9.17) is 4.74 Å². The average Bonchev–Trinajstić information content (AvgIpc) is 3.09. The molecule has 0 N–H and O–H groups in total. The summed E-state index contributed by atoms with van der Waals surface area (Å²) in [5, 5.41) is 1.90. The zero-order valence-corrected chi connectivity index (χ0v) is 12.5. The number of benzene rings is 1. The number of hydrogen-bond donors (Lipinski definition) is 0. The van der Waals surface area contributed by atoms with Gasteiger partial charge in [-0.1, -0.05) is 0 Å². The fourth-order valence-electron chi connectivity index (χ4n) is 1.66. The second kappa shape index (κ2) is 5.01. The lowest BCUT2D eigenvalue weighted by atomic mass is 10.1. The summed E-state index contributed by atoms with van der Waals surface area (Å²) in [5.74, 6) is 0.932. The van der Waals surface area contributed by atoms with Gasteiger partial charge in [-0.05, 0) is 65.8 Å². The Bertz CT molecular complexity index is 570. The number of hydrogen-bond acceptors (Lipinski definition) is 3. The van der Waals surface area contributed by atoms with Crippen LogP contribution in [0, 0.1) is 2.88 Å². The summed E-state index contributed by atoms with van der Waals surface area (Å²) in [6.07, 6.45) is 2.69. The van der Waals surface area contributed by atoms with Crippen LogP contribution in [-0.2, 0) is 0 Å². The summed E-state index contributed by atoms with van der Waals surface area (Å²) in [4.78, 5) is 12.2. The van der Waals surface area contributed by atoms with Gasteiger partial charge in [-0.25, -0.2) is 0 Å². The van der Waals surface area contributed by atoms with Crippen LogP contribution in [0.15, 0.2) is 35.7 Å². The number of thiophene rings is 1. The molecule has 0 amide bonds. The van der Waals surface area contributed by atoms with Crippen LogP contribution >= 0.6 is 33.9 Å². The zero-order chi connectivity index (χ0) is 12.5. The topological polar surface area (TPSA) is 26.3 Å². The van der Waals surface area contributed by atoms with Crippen molar-refractivity contribution in [2.75, 3.05) is 0 Å². The van der Waals surface area contributed by atoms with E-state index in [-0.39, 0.29) is 5.78 Å². The summed E-state index contributed by atoms with van der Waals surface area (Å²) in [6, 6.07) is 9.35. The zero-order valence-electron chi connectivity index (χ0n) is 9.56. The molecule has 0 aliphatic heterocycles. The summed E-state index contributed by atoms with van der Waals surface area (Å²) < 4.78 is 6.79.